The van der Waals surface area contributed by atoms with Crippen LogP contribution in [0.25, 0.3) is 11.4 Å². The van der Waals surface area contributed by atoms with E-state index < -0.39 is 0 Å². The van der Waals surface area contributed by atoms with E-state index in [1.807, 2.05) is 20.8 Å². The molecule has 27 heavy (non-hydrogen) atoms. The first-order valence-electron chi connectivity index (χ1n) is 8.67. The van der Waals surface area contributed by atoms with Crippen LogP contribution in [-0.2, 0) is 13.0 Å². The smallest absolute Gasteiger partial charge is 0.264 e. The molecule has 2 aromatic heterocycles. The molecule has 0 amide bonds. The largest absolute Gasteiger partial charge is 0.467 e. The standard InChI is InChI=1S/C19H21FN4O3/c1-11(2)17-21-12(3)15(7-8-25)19(23-17)26-10-16-22-18(24-27-16)13-5-4-6-14(20)9-13/h4-6,9,11,25H,7-8,10H2,1-3H3. The third-order valence-corrected chi connectivity index (χ3v) is 3.95. The van der Waals surface area contributed by atoms with Gasteiger partial charge in [0.25, 0.3) is 5.89 Å². The van der Waals surface area contributed by atoms with Gasteiger partial charge < -0.3 is 14.4 Å². The summed E-state index contributed by atoms with van der Waals surface area (Å²) < 4.78 is 24.3. The molecular formula is C19H21FN4O3. The normalized spacial score (nSPS) is 11.2. The Kier molecular flexibility index (Phi) is 5.75. The zero-order valence-corrected chi connectivity index (χ0v) is 15.4. The molecule has 3 rings (SSSR count). The van der Waals surface area contributed by atoms with E-state index in [1.54, 1.807) is 12.1 Å². The maximum absolute atomic E-state index is 13.3. The number of rotatable bonds is 7. The lowest BCUT2D eigenvalue weighted by atomic mass is 10.1. The van der Waals surface area contributed by atoms with Gasteiger partial charge in [0.1, 0.15) is 11.6 Å². The monoisotopic (exact) mass is 372 g/mol. The molecule has 0 saturated carbocycles. The van der Waals surface area contributed by atoms with Crippen molar-refractivity contribution in [2.75, 3.05) is 6.61 Å². The summed E-state index contributed by atoms with van der Waals surface area (Å²) in [6.45, 7) is 5.82. The van der Waals surface area contributed by atoms with Gasteiger partial charge in [-0.05, 0) is 19.1 Å². The molecule has 0 unspecified atom stereocenters. The number of hydrogen-bond donors (Lipinski definition) is 1. The minimum Gasteiger partial charge on any atom is -0.467 e. The van der Waals surface area contributed by atoms with Gasteiger partial charge in [0.2, 0.25) is 11.7 Å². The molecule has 8 heteroatoms. The second kappa shape index (κ2) is 8.22. The Labute approximate surface area is 156 Å². The summed E-state index contributed by atoms with van der Waals surface area (Å²) in [6, 6.07) is 5.95. The maximum Gasteiger partial charge on any atom is 0.264 e. The van der Waals surface area contributed by atoms with Crippen molar-refractivity contribution in [3.8, 4) is 17.3 Å². The molecule has 0 aliphatic rings. The van der Waals surface area contributed by atoms with E-state index in [4.69, 9.17) is 9.26 Å². The summed E-state index contributed by atoms with van der Waals surface area (Å²) in [7, 11) is 0. The number of nitrogens with zero attached hydrogens (tertiary/aromatic N) is 4. The lowest BCUT2D eigenvalue weighted by Crippen LogP contribution is -2.10. The van der Waals surface area contributed by atoms with Crippen molar-refractivity contribution in [1.29, 1.82) is 0 Å². The van der Waals surface area contributed by atoms with E-state index >= 15 is 0 Å². The lowest BCUT2D eigenvalue weighted by molar-refractivity contribution is 0.229. The Hall–Kier alpha value is -2.87. The predicted molar refractivity (Wildman–Crippen MR) is 95.7 cm³/mol. The molecule has 0 aliphatic carbocycles. The van der Waals surface area contributed by atoms with E-state index in [0.717, 1.165) is 11.3 Å². The summed E-state index contributed by atoms with van der Waals surface area (Å²) in [6.07, 6.45) is 0.387. The Balaban J connectivity index is 1.80. The van der Waals surface area contributed by atoms with E-state index in [0.29, 0.717) is 23.7 Å². The summed E-state index contributed by atoms with van der Waals surface area (Å²) >= 11 is 0. The van der Waals surface area contributed by atoms with Crippen LogP contribution in [0.2, 0.25) is 0 Å². The minimum absolute atomic E-state index is 0.00866. The van der Waals surface area contributed by atoms with Crippen LogP contribution in [0.5, 0.6) is 5.88 Å². The predicted octanol–water partition coefficient (Wildman–Crippen LogP) is 3.21. The first-order valence-corrected chi connectivity index (χ1v) is 8.67. The van der Waals surface area contributed by atoms with Crippen molar-refractivity contribution in [1.82, 2.24) is 20.1 Å². The molecule has 1 aromatic carbocycles. The fraction of sp³-hybridized carbons (Fsp3) is 0.368. The van der Waals surface area contributed by atoms with Gasteiger partial charge in [-0.25, -0.2) is 9.37 Å². The van der Waals surface area contributed by atoms with Gasteiger partial charge in [-0.15, -0.1) is 0 Å². The minimum atomic E-state index is -0.374. The molecule has 7 nitrogen and oxygen atoms in total. The molecule has 0 saturated heterocycles. The highest BCUT2D eigenvalue weighted by atomic mass is 19.1. The van der Waals surface area contributed by atoms with Gasteiger partial charge in [-0.3, -0.25) is 0 Å². The van der Waals surface area contributed by atoms with Crippen molar-refractivity contribution >= 4 is 0 Å². The second-order valence-electron chi connectivity index (χ2n) is 6.39. The first kappa shape index (κ1) is 18.9. The Morgan fingerprint density at radius 1 is 1.22 bits per heavy atom. The molecule has 0 atom stereocenters. The fourth-order valence-electron chi connectivity index (χ4n) is 2.56. The molecule has 142 valence electrons. The van der Waals surface area contributed by atoms with Crippen molar-refractivity contribution in [2.45, 2.75) is 39.7 Å². The highest BCUT2D eigenvalue weighted by Gasteiger charge is 2.16. The average Bonchev–Trinajstić information content (AvgIpc) is 3.11. The SMILES string of the molecule is Cc1nc(C(C)C)nc(OCc2nc(-c3cccc(F)c3)no2)c1CCO. The number of aryl methyl sites for hydroxylation is 1. The zero-order chi connectivity index (χ0) is 19.4. The molecule has 3 aromatic rings. The molecule has 0 aliphatic heterocycles. The van der Waals surface area contributed by atoms with Crippen LogP contribution in [-0.4, -0.2) is 31.8 Å². The summed E-state index contributed by atoms with van der Waals surface area (Å²) in [4.78, 5) is 13.2. The molecule has 0 radical (unpaired) electrons. The third-order valence-electron chi connectivity index (χ3n) is 3.95. The zero-order valence-electron chi connectivity index (χ0n) is 15.4. The maximum atomic E-state index is 13.3. The van der Waals surface area contributed by atoms with Crippen LogP contribution in [0.1, 0.15) is 42.7 Å². The van der Waals surface area contributed by atoms with Gasteiger partial charge in [0, 0.05) is 35.8 Å². The first-order chi connectivity index (χ1) is 13.0. The Morgan fingerprint density at radius 2 is 2.04 bits per heavy atom. The summed E-state index contributed by atoms with van der Waals surface area (Å²) in [5.41, 5.74) is 2.03. The van der Waals surface area contributed by atoms with Gasteiger partial charge >= 0.3 is 0 Å². The second-order valence-corrected chi connectivity index (χ2v) is 6.39. The number of aliphatic hydroxyl groups excluding tert-OH is 1. The summed E-state index contributed by atoms with van der Waals surface area (Å²) in [5.74, 6) is 1.34. The van der Waals surface area contributed by atoms with Gasteiger partial charge in [-0.1, -0.05) is 31.1 Å². The number of halogens is 1. The number of hydrogen-bond acceptors (Lipinski definition) is 7. The van der Waals surface area contributed by atoms with Crippen LogP contribution in [0.15, 0.2) is 28.8 Å². The number of aliphatic hydroxyl groups is 1. The average molecular weight is 372 g/mol. The van der Waals surface area contributed by atoms with Crippen LogP contribution >= 0.6 is 0 Å². The molecule has 0 fully saturated rings. The highest BCUT2D eigenvalue weighted by molar-refractivity contribution is 5.53. The van der Waals surface area contributed by atoms with Crippen LogP contribution in [0, 0.1) is 12.7 Å². The van der Waals surface area contributed by atoms with Crippen molar-refractivity contribution < 1.29 is 18.8 Å². The van der Waals surface area contributed by atoms with E-state index in [1.165, 1.54) is 12.1 Å². The summed E-state index contributed by atoms with van der Waals surface area (Å²) in [5, 5.41) is 13.2. The van der Waals surface area contributed by atoms with Gasteiger partial charge in [0.15, 0.2) is 6.61 Å². The van der Waals surface area contributed by atoms with Gasteiger partial charge in [0.05, 0.1) is 0 Å². The fourth-order valence-corrected chi connectivity index (χ4v) is 2.56. The molecule has 0 spiro atoms. The topological polar surface area (TPSA) is 94.2 Å². The van der Waals surface area contributed by atoms with Crippen molar-refractivity contribution in [3.05, 3.63) is 53.1 Å². The molecule has 0 bridgehead atoms. The van der Waals surface area contributed by atoms with Crippen LogP contribution < -0.4 is 4.74 Å². The molecule has 1 N–H and O–H groups in total. The van der Waals surface area contributed by atoms with E-state index in [-0.39, 0.29) is 36.7 Å². The van der Waals surface area contributed by atoms with Crippen molar-refractivity contribution in [3.63, 3.8) is 0 Å². The Bertz CT molecular complexity index is 927. The highest BCUT2D eigenvalue weighted by Crippen LogP contribution is 2.24. The number of aromatic nitrogens is 4. The van der Waals surface area contributed by atoms with Crippen LogP contribution in [0.4, 0.5) is 4.39 Å². The van der Waals surface area contributed by atoms with Crippen molar-refractivity contribution in [2.24, 2.45) is 0 Å². The Morgan fingerprint density at radius 3 is 2.74 bits per heavy atom. The quantitative estimate of drug-likeness (QED) is 0.680. The number of benzene rings is 1. The third kappa shape index (κ3) is 4.46. The van der Waals surface area contributed by atoms with Gasteiger partial charge in [-0.2, -0.15) is 9.97 Å². The van der Waals surface area contributed by atoms with Crippen LogP contribution in [0.3, 0.4) is 0 Å². The molecular weight excluding hydrogens is 351 g/mol. The number of ether oxygens (including phenoxy) is 1. The van der Waals surface area contributed by atoms with E-state index in [2.05, 4.69) is 20.1 Å². The van der Waals surface area contributed by atoms with E-state index in [9.17, 15) is 9.50 Å². The molecule has 2 heterocycles. The lowest BCUT2D eigenvalue weighted by Gasteiger charge is -2.14.